The molecule has 2 amide bonds. The molecule has 0 fully saturated rings. The first-order chi connectivity index (χ1) is 14.3. The Morgan fingerprint density at radius 3 is 2.37 bits per heavy atom. The van der Waals surface area contributed by atoms with Gasteiger partial charge in [-0.25, -0.2) is 4.79 Å². The van der Waals surface area contributed by atoms with Crippen molar-refractivity contribution in [1.29, 1.82) is 0 Å². The molecule has 1 heterocycles. The number of hydrogen-bond donors (Lipinski definition) is 1. The normalized spacial score (nSPS) is 11.0. The molecule has 3 rings (SSSR count). The fourth-order valence-corrected chi connectivity index (χ4v) is 2.68. The van der Waals surface area contributed by atoms with Crippen molar-refractivity contribution >= 4 is 17.8 Å². The molecule has 9 heteroatoms. The largest absolute Gasteiger partial charge is 0.452 e. The van der Waals surface area contributed by atoms with Crippen molar-refractivity contribution in [3.8, 4) is 5.69 Å². The molecule has 0 aliphatic rings. The number of nitrogens with zero attached hydrogens (tertiary/aromatic N) is 4. The average molecular weight is 407 g/mol. The predicted molar refractivity (Wildman–Crippen MR) is 107 cm³/mol. The second-order valence-corrected chi connectivity index (χ2v) is 7.55. The molecule has 0 bridgehead atoms. The Labute approximate surface area is 173 Å². The van der Waals surface area contributed by atoms with Gasteiger partial charge >= 0.3 is 5.97 Å². The standard InChI is InChI=1S/C21H21N5O4/c1-21(2,3)15-10-8-14(9-11-15)19(28)23-18(27)12-30-20(29)16-6-4-5-7-17(16)26-13-22-24-25-26/h4-11,13H,12H2,1-3H3,(H,23,27,28). The Balaban J connectivity index is 1.59. The Bertz CT molecular complexity index is 1050. The summed E-state index contributed by atoms with van der Waals surface area (Å²) >= 11 is 0. The van der Waals surface area contributed by atoms with E-state index < -0.39 is 24.4 Å². The summed E-state index contributed by atoms with van der Waals surface area (Å²) in [7, 11) is 0. The van der Waals surface area contributed by atoms with E-state index in [0.717, 1.165) is 5.56 Å². The topological polar surface area (TPSA) is 116 Å². The molecule has 2 aromatic carbocycles. The van der Waals surface area contributed by atoms with E-state index in [2.05, 4.69) is 41.6 Å². The van der Waals surface area contributed by atoms with Crippen LogP contribution in [0.3, 0.4) is 0 Å². The molecule has 0 aliphatic heterocycles. The fourth-order valence-electron chi connectivity index (χ4n) is 2.68. The minimum Gasteiger partial charge on any atom is -0.452 e. The van der Waals surface area contributed by atoms with Crippen molar-refractivity contribution in [3.05, 3.63) is 71.5 Å². The molecule has 3 aromatic rings. The van der Waals surface area contributed by atoms with Crippen LogP contribution in [0.5, 0.6) is 0 Å². The quantitative estimate of drug-likeness (QED) is 0.644. The highest BCUT2D eigenvalue weighted by molar-refractivity contribution is 6.05. The summed E-state index contributed by atoms with van der Waals surface area (Å²) in [5.41, 5.74) is 1.95. The maximum absolute atomic E-state index is 12.4. The number of carbonyl (C=O) groups excluding carboxylic acids is 3. The summed E-state index contributed by atoms with van der Waals surface area (Å²) < 4.78 is 6.35. The predicted octanol–water partition coefficient (Wildman–Crippen LogP) is 2.07. The van der Waals surface area contributed by atoms with Crippen LogP contribution in [0.2, 0.25) is 0 Å². The molecule has 0 saturated heterocycles. The maximum atomic E-state index is 12.4. The number of rotatable bonds is 5. The number of hydrogen-bond acceptors (Lipinski definition) is 7. The third kappa shape index (κ3) is 4.93. The first-order valence-electron chi connectivity index (χ1n) is 9.20. The van der Waals surface area contributed by atoms with Gasteiger partial charge in [0.2, 0.25) is 0 Å². The van der Waals surface area contributed by atoms with Crippen LogP contribution in [-0.4, -0.2) is 44.6 Å². The summed E-state index contributed by atoms with van der Waals surface area (Å²) in [5, 5.41) is 13.0. The number of ether oxygens (including phenoxy) is 1. The Kier molecular flexibility index (Phi) is 6.01. The number of amides is 2. The van der Waals surface area contributed by atoms with Crippen molar-refractivity contribution < 1.29 is 19.1 Å². The molecule has 0 radical (unpaired) electrons. The van der Waals surface area contributed by atoms with Crippen molar-refractivity contribution in [2.45, 2.75) is 26.2 Å². The van der Waals surface area contributed by atoms with Crippen LogP contribution < -0.4 is 5.32 Å². The summed E-state index contributed by atoms with van der Waals surface area (Å²) in [6, 6.07) is 13.5. The van der Waals surface area contributed by atoms with E-state index in [9.17, 15) is 14.4 Å². The summed E-state index contributed by atoms with van der Waals surface area (Å²) in [4.78, 5) is 36.7. The molecule has 0 spiro atoms. The molecule has 1 N–H and O–H groups in total. The second kappa shape index (κ2) is 8.64. The minimum atomic E-state index is -0.738. The lowest BCUT2D eigenvalue weighted by atomic mass is 9.87. The van der Waals surface area contributed by atoms with Crippen molar-refractivity contribution in [3.63, 3.8) is 0 Å². The van der Waals surface area contributed by atoms with E-state index in [-0.39, 0.29) is 11.0 Å². The van der Waals surface area contributed by atoms with Crippen molar-refractivity contribution in [1.82, 2.24) is 25.5 Å². The van der Waals surface area contributed by atoms with Crippen LogP contribution in [0.25, 0.3) is 5.69 Å². The van der Waals surface area contributed by atoms with Gasteiger partial charge in [-0.15, -0.1) is 5.10 Å². The van der Waals surface area contributed by atoms with Crippen LogP contribution in [-0.2, 0) is 14.9 Å². The number of benzene rings is 2. The number of aromatic nitrogens is 4. The first kappa shape index (κ1) is 20.8. The van der Waals surface area contributed by atoms with Crippen LogP contribution in [0.4, 0.5) is 0 Å². The zero-order valence-corrected chi connectivity index (χ0v) is 16.8. The fraction of sp³-hybridized carbons (Fsp3) is 0.238. The van der Waals surface area contributed by atoms with Gasteiger partial charge in [0.05, 0.1) is 11.3 Å². The minimum absolute atomic E-state index is 0.0440. The van der Waals surface area contributed by atoms with E-state index in [1.807, 2.05) is 12.1 Å². The van der Waals surface area contributed by atoms with Gasteiger partial charge in [-0.05, 0) is 45.7 Å². The van der Waals surface area contributed by atoms with E-state index in [1.165, 1.54) is 17.1 Å². The van der Waals surface area contributed by atoms with Gasteiger partial charge in [-0.3, -0.25) is 14.9 Å². The molecule has 0 aliphatic carbocycles. The van der Waals surface area contributed by atoms with Gasteiger partial charge in [0, 0.05) is 5.56 Å². The third-order valence-electron chi connectivity index (χ3n) is 4.32. The average Bonchev–Trinajstić information content (AvgIpc) is 3.26. The monoisotopic (exact) mass is 407 g/mol. The van der Waals surface area contributed by atoms with E-state index in [1.54, 1.807) is 30.3 Å². The highest BCUT2D eigenvalue weighted by Crippen LogP contribution is 2.22. The number of esters is 1. The second-order valence-electron chi connectivity index (χ2n) is 7.55. The summed E-state index contributed by atoms with van der Waals surface area (Å²) in [5.74, 6) is -2.03. The highest BCUT2D eigenvalue weighted by atomic mass is 16.5. The lowest BCUT2D eigenvalue weighted by molar-refractivity contribution is -0.123. The third-order valence-corrected chi connectivity index (χ3v) is 4.32. The summed E-state index contributed by atoms with van der Waals surface area (Å²) in [6.45, 7) is 5.60. The zero-order chi connectivity index (χ0) is 21.7. The summed E-state index contributed by atoms with van der Waals surface area (Å²) in [6.07, 6.45) is 1.34. The number of carbonyl (C=O) groups is 3. The van der Waals surface area contributed by atoms with E-state index in [0.29, 0.717) is 11.3 Å². The molecule has 0 saturated carbocycles. The number of nitrogens with one attached hydrogen (secondary N) is 1. The van der Waals surface area contributed by atoms with Crippen LogP contribution in [0.1, 0.15) is 47.1 Å². The van der Waals surface area contributed by atoms with Gasteiger partial charge in [-0.1, -0.05) is 45.0 Å². The lowest BCUT2D eigenvalue weighted by Crippen LogP contribution is -2.34. The Morgan fingerprint density at radius 2 is 1.73 bits per heavy atom. The van der Waals surface area contributed by atoms with Gasteiger partial charge in [0.25, 0.3) is 11.8 Å². The Hall–Kier alpha value is -3.88. The molecular formula is C21H21N5O4. The van der Waals surface area contributed by atoms with Gasteiger partial charge in [0.1, 0.15) is 6.33 Å². The SMILES string of the molecule is CC(C)(C)c1ccc(C(=O)NC(=O)COC(=O)c2ccccc2-n2cnnn2)cc1. The van der Waals surface area contributed by atoms with E-state index in [4.69, 9.17) is 4.74 Å². The maximum Gasteiger partial charge on any atom is 0.340 e. The van der Waals surface area contributed by atoms with Gasteiger partial charge < -0.3 is 4.74 Å². The van der Waals surface area contributed by atoms with Crippen molar-refractivity contribution in [2.24, 2.45) is 0 Å². The molecule has 0 atom stereocenters. The van der Waals surface area contributed by atoms with Gasteiger partial charge in [-0.2, -0.15) is 4.68 Å². The first-order valence-corrected chi connectivity index (χ1v) is 9.20. The van der Waals surface area contributed by atoms with Crippen LogP contribution in [0, 0.1) is 0 Å². The van der Waals surface area contributed by atoms with E-state index >= 15 is 0 Å². The van der Waals surface area contributed by atoms with Gasteiger partial charge in [0.15, 0.2) is 6.61 Å². The Morgan fingerprint density at radius 1 is 1.03 bits per heavy atom. The highest BCUT2D eigenvalue weighted by Gasteiger charge is 2.18. The number of imide groups is 1. The smallest absolute Gasteiger partial charge is 0.340 e. The number of tetrazole rings is 1. The zero-order valence-electron chi connectivity index (χ0n) is 16.8. The van der Waals surface area contributed by atoms with Crippen LogP contribution in [0.15, 0.2) is 54.9 Å². The molecule has 1 aromatic heterocycles. The molecule has 154 valence electrons. The van der Waals surface area contributed by atoms with Crippen LogP contribution >= 0.6 is 0 Å². The number of para-hydroxylation sites is 1. The molecule has 9 nitrogen and oxygen atoms in total. The van der Waals surface area contributed by atoms with Crippen molar-refractivity contribution in [2.75, 3.05) is 6.61 Å². The molecular weight excluding hydrogens is 386 g/mol. The molecule has 0 unspecified atom stereocenters. The lowest BCUT2D eigenvalue weighted by Gasteiger charge is -2.19. The molecule has 30 heavy (non-hydrogen) atoms.